The summed E-state index contributed by atoms with van der Waals surface area (Å²) in [6.07, 6.45) is 2.22. The van der Waals surface area contributed by atoms with Crippen LogP contribution in [0.3, 0.4) is 0 Å². The van der Waals surface area contributed by atoms with Crippen molar-refractivity contribution >= 4 is 33.2 Å². The summed E-state index contributed by atoms with van der Waals surface area (Å²) in [5.41, 5.74) is 0.934. The summed E-state index contributed by atoms with van der Waals surface area (Å²) in [6, 6.07) is 3.73. The Balaban J connectivity index is 2.03. The molecule has 18 heavy (non-hydrogen) atoms. The van der Waals surface area contributed by atoms with Crippen LogP contribution in [-0.4, -0.2) is 26.9 Å². The van der Waals surface area contributed by atoms with Crippen molar-refractivity contribution < 1.29 is 9.47 Å². The van der Waals surface area contributed by atoms with Crippen LogP contribution < -0.4 is 10.1 Å². The largest absolute Gasteiger partial charge is 0.493 e. The fraction of sp³-hybridized carbons (Fsp3) is 0.538. The van der Waals surface area contributed by atoms with Crippen LogP contribution in [-0.2, 0) is 4.74 Å². The second-order valence-corrected chi connectivity index (χ2v) is 5.70. The lowest BCUT2D eigenvalue weighted by Gasteiger charge is -2.23. The van der Waals surface area contributed by atoms with E-state index in [9.17, 15) is 0 Å². The van der Waals surface area contributed by atoms with Gasteiger partial charge in [0.25, 0.3) is 0 Å². The number of nitrogens with one attached hydrogen (secondary N) is 1. The first-order valence-corrected chi connectivity index (χ1v) is 7.22. The maximum Gasteiger partial charge on any atom is 0.156 e. The normalized spacial score (nSPS) is 16.6. The first-order chi connectivity index (χ1) is 8.70. The highest BCUT2D eigenvalue weighted by Crippen LogP contribution is 2.36. The Morgan fingerprint density at radius 1 is 1.44 bits per heavy atom. The summed E-state index contributed by atoms with van der Waals surface area (Å²) >= 11 is 9.51. The topological polar surface area (TPSA) is 30.5 Å². The van der Waals surface area contributed by atoms with Crippen LogP contribution in [0.4, 0.5) is 5.69 Å². The van der Waals surface area contributed by atoms with Crippen molar-refractivity contribution in [3.8, 4) is 5.75 Å². The number of hydrogen-bond acceptors (Lipinski definition) is 3. The summed E-state index contributed by atoms with van der Waals surface area (Å²) in [4.78, 5) is 0. The smallest absolute Gasteiger partial charge is 0.156 e. The zero-order valence-corrected chi connectivity index (χ0v) is 12.7. The number of rotatable bonds is 4. The Morgan fingerprint density at radius 3 is 2.83 bits per heavy atom. The Morgan fingerprint density at radius 2 is 2.17 bits per heavy atom. The molecule has 0 spiro atoms. The molecule has 0 unspecified atom stereocenters. The average molecular weight is 335 g/mol. The Kier molecular flexibility index (Phi) is 5.15. The van der Waals surface area contributed by atoms with Crippen LogP contribution in [0.2, 0.25) is 5.02 Å². The van der Waals surface area contributed by atoms with Crippen molar-refractivity contribution in [3.63, 3.8) is 0 Å². The molecule has 3 nitrogen and oxygen atoms in total. The van der Waals surface area contributed by atoms with E-state index in [1.807, 2.05) is 12.1 Å². The zero-order chi connectivity index (χ0) is 13.0. The molecule has 5 heteroatoms. The van der Waals surface area contributed by atoms with Crippen molar-refractivity contribution in [1.82, 2.24) is 0 Å². The molecule has 0 bridgehead atoms. The van der Waals surface area contributed by atoms with E-state index in [1.54, 1.807) is 7.11 Å². The third-order valence-electron chi connectivity index (χ3n) is 3.13. The molecule has 1 saturated heterocycles. The van der Waals surface area contributed by atoms with E-state index in [1.165, 1.54) is 0 Å². The second-order valence-electron chi connectivity index (χ2n) is 4.41. The molecule has 1 aliphatic heterocycles. The molecule has 2 rings (SSSR count). The molecule has 0 amide bonds. The van der Waals surface area contributed by atoms with Gasteiger partial charge >= 0.3 is 0 Å². The quantitative estimate of drug-likeness (QED) is 0.904. The molecule has 100 valence electrons. The number of hydrogen-bond donors (Lipinski definition) is 1. The van der Waals surface area contributed by atoms with Gasteiger partial charge in [-0.05, 0) is 46.8 Å². The van der Waals surface area contributed by atoms with E-state index in [-0.39, 0.29) is 0 Å². The van der Waals surface area contributed by atoms with Crippen LogP contribution >= 0.6 is 27.5 Å². The molecule has 0 aliphatic carbocycles. The first kappa shape index (κ1) is 14.0. The van der Waals surface area contributed by atoms with Crippen molar-refractivity contribution in [1.29, 1.82) is 0 Å². The lowest BCUT2D eigenvalue weighted by atomic mass is 10.0. The van der Waals surface area contributed by atoms with Crippen LogP contribution in [0.25, 0.3) is 0 Å². The van der Waals surface area contributed by atoms with Crippen molar-refractivity contribution in [2.75, 3.05) is 32.2 Å². The molecule has 1 aliphatic rings. The van der Waals surface area contributed by atoms with Gasteiger partial charge in [0.05, 0.1) is 17.3 Å². The van der Waals surface area contributed by atoms with Gasteiger partial charge in [0.2, 0.25) is 0 Å². The minimum absolute atomic E-state index is 0.654. The lowest BCUT2D eigenvalue weighted by Crippen LogP contribution is -2.22. The van der Waals surface area contributed by atoms with E-state index < -0.39 is 0 Å². The molecule has 0 aromatic heterocycles. The standard InChI is InChI=1S/C13H17BrClNO2/c1-17-13-11(14)6-10(15)7-12(13)16-8-9-2-4-18-5-3-9/h6-7,9,16H,2-5,8H2,1H3. The maximum atomic E-state index is 6.06. The molecule has 1 fully saturated rings. The molecular weight excluding hydrogens is 318 g/mol. The fourth-order valence-electron chi connectivity index (χ4n) is 2.10. The van der Waals surface area contributed by atoms with E-state index in [0.29, 0.717) is 10.9 Å². The van der Waals surface area contributed by atoms with Crippen molar-refractivity contribution in [2.45, 2.75) is 12.8 Å². The molecule has 0 atom stereocenters. The molecule has 0 saturated carbocycles. The average Bonchev–Trinajstić information content (AvgIpc) is 2.37. The van der Waals surface area contributed by atoms with Crippen molar-refractivity contribution in [2.24, 2.45) is 5.92 Å². The van der Waals surface area contributed by atoms with E-state index in [2.05, 4.69) is 21.2 Å². The molecule has 1 aromatic carbocycles. The van der Waals surface area contributed by atoms with Gasteiger partial charge in [0.15, 0.2) is 5.75 Å². The van der Waals surface area contributed by atoms with Gasteiger partial charge in [-0.3, -0.25) is 0 Å². The SMILES string of the molecule is COc1c(Br)cc(Cl)cc1NCC1CCOCC1. The second kappa shape index (κ2) is 6.64. The molecular formula is C13H17BrClNO2. The number of halogens is 2. The van der Waals surface area contributed by atoms with Gasteiger partial charge in [0, 0.05) is 24.8 Å². The minimum Gasteiger partial charge on any atom is -0.493 e. The van der Waals surface area contributed by atoms with E-state index >= 15 is 0 Å². The molecule has 1 N–H and O–H groups in total. The Bertz CT molecular complexity index is 408. The van der Waals surface area contributed by atoms with Gasteiger partial charge in [-0.25, -0.2) is 0 Å². The predicted molar refractivity (Wildman–Crippen MR) is 77.7 cm³/mol. The van der Waals surface area contributed by atoms with Gasteiger partial charge in [-0.2, -0.15) is 0 Å². The number of benzene rings is 1. The van der Waals surface area contributed by atoms with Crippen LogP contribution in [0.5, 0.6) is 5.75 Å². The van der Waals surface area contributed by atoms with Gasteiger partial charge in [0.1, 0.15) is 0 Å². The maximum absolute atomic E-state index is 6.06. The summed E-state index contributed by atoms with van der Waals surface area (Å²) in [7, 11) is 1.66. The Labute approximate surface area is 121 Å². The van der Waals surface area contributed by atoms with E-state index in [4.69, 9.17) is 21.1 Å². The Hall–Kier alpha value is -0.450. The monoisotopic (exact) mass is 333 g/mol. The zero-order valence-electron chi connectivity index (χ0n) is 10.3. The van der Waals surface area contributed by atoms with E-state index in [0.717, 1.165) is 48.5 Å². The van der Waals surface area contributed by atoms with Gasteiger partial charge in [-0.1, -0.05) is 11.6 Å². The third-order valence-corrected chi connectivity index (χ3v) is 3.94. The lowest BCUT2D eigenvalue weighted by molar-refractivity contribution is 0.0699. The molecule has 1 heterocycles. The van der Waals surface area contributed by atoms with Crippen LogP contribution in [0.15, 0.2) is 16.6 Å². The summed E-state index contributed by atoms with van der Waals surface area (Å²) < 4.78 is 11.6. The highest BCUT2D eigenvalue weighted by atomic mass is 79.9. The van der Waals surface area contributed by atoms with Gasteiger partial charge in [-0.15, -0.1) is 0 Å². The number of anilines is 1. The fourth-order valence-corrected chi connectivity index (χ4v) is 3.08. The summed E-state index contributed by atoms with van der Waals surface area (Å²) in [5.74, 6) is 1.45. The minimum atomic E-state index is 0.654. The highest BCUT2D eigenvalue weighted by molar-refractivity contribution is 9.10. The first-order valence-electron chi connectivity index (χ1n) is 6.05. The third kappa shape index (κ3) is 3.53. The molecule has 1 aromatic rings. The number of methoxy groups -OCH3 is 1. The number of ether oxygens (including phenoxy) is 2. The van der Waals surface area contributed by atoms with Crippen molar-refractivity contribution in [3.05, 3.63) is 21.6 Å². The highest BCUT2D eigenvalue weighted by Gasteiger charge is 2.15. The summed E-state index contributed by atoms with van der Waals surface area (Å²) in [5, 5.41) is 4.11. The predicted octanol–water partition coefficient (Wildman–Crippen LogP) is 3.95. The van der Waals surface area contributed by atoms with Crippen LogP contribution in [0.1, 0.15) is 12.8 Å². The summed E-state index contributed by atoms with van der Waals surface area (Å²) in [6.45, 7) is 2.65. The van der Waals surface area contributed by atoms with Crippen LogP contribution in [0, 0.1) is 5.92 Å². The van der Waals surface area contributed by atoms with Gasteiger partial charge < -0.3 is 14.8 Å². The molecule has 0 radical (unpaired) electrons.